The Morgan fingerprint density at radius 3 is 2.56 bits per heavy atom. The number of carbonyl (C=O) groups excluding carboxylic acids is 2. The van der Waals surface area contributed by atoms with E-state index < -0.39 is 5.66 Å². The lowest BCUT2D eigenvalue weighted by atomic mass is 9.84. The normalized spacial score (nSPS) is 23.3. The van der Waals surface area contributed by atoms with E-state index in [1.165, 1.54) is 6.08 Å². The average Bonchev–Trinajstić information content (AvgIpc) is 2.57. The number of aldehydes is 1. The lowest BCUT2D eigenvalue weighted by Gasteiger charge is -2.34. The van der Waals surface area contributed by atoms with Crippen LogP contribution in [0.1, 0.15) is 42.5 Å². The van der Waals surface area contributed by atoms with E-state index in [9.17, 15) is 9.59 Å². The fourth-order valence-electron chi connectivity index (χ4n) is 3.52. The van der Waals surface area contributed by atoms with E-state index in [1.807, 2.05) is 32.9 Å². The van der Waals surface area contributed by atoms with Gasteiger partial charge in [0.05, 0.1) is 5.92 Å². The summed E-state index contributed by atoms with van der Waals surface area (Å²) < 4.78 is 0. The zero-order valence-electron chi connectivity index (χ0n) is 17.2. The first-order chi connectivity index (χ1) is 12.5. The van der Waals surface area contributed by atoms with E-state index in [1.54, 1.807) is 0 Å². The van der Waals surface area contributed by atoms with Crippen LogP contribution in [0.15, 0.2) is 53.6 Å². The van der Waals surface area contributed by atoms with Crippen molar-refractivity contribution in [3.63, 3.8) is 0 Å². The van der Waals surface area contributed by atoms with Crippen molar-refractivity contribution in [1.82, 2.24) is 5.32 Å². The van der Waals surface area contributed by atoms with E-state index in [2.05, 4.69) is 43.4 Å². The van der Waals surface area contributed by atoms with Crippen LogP contribution >= 0.6 is 0 Å². The van der Waals surface area contributed by atoms with Gasteiger partial charge in [-0.2, -0.15) is 0 Å². The predicted molar refractivity (Wildman–Crippen MR) is 114 cm³/mol. The molecule has 0 heterocycles. The number of nitrogens with zero attached hydrogens (tertiary/aromatic N) is 1. The standard InChI is InChI=1S/C22H33N3O2.H2/c1-8-15(4)20(13-26)25-22(7,12-14(2)3)24-17(6)18-9-10-19(21(23)27)16(5)11-18;/h8-11,13-14,16-17,19,24H,1,4,12H2,2-3,5-7H3,(H2,23,27);1H/b25-20+;/t16?,17-,19?,22?;/m1./s1. The number of hydrogen-bond acceptors (Lipinski definition) is 4. The van der Waals surface area contributed by atoms with Crippen LogP contribution < -0.4 is 11.1 Å². The number of amides is 1. The highest BCUT2D eigenvalue weighted by molar-refractivity contribution is 6.37. The minimum atomic E-state index is -0.645. The van der Waals surface area contributed by atoms with Crippen LogP contribution in [0, 0.1) is 17.8 Å². The molecule has 0 aromatic heterocycles. The van der Waals surface area contributed by atoms with E-state index in [-0.39, 0.29) is 25.2 Å². The van der Waals surface area contributed by atoms with Crippen molar-refractivity contribution in [2.24, 2.45) is 28.5 Å². The molecule has 1 aliphatic rings. The SMILES string of the molecule is C=CC(=C)/C(C=O)=N/C(C)(CC(C)C)N[C@H](C)C1=CC(C)C(C(N)=O)C=C1.[HH]. The first-order valence-corrected chi connectivity index (χ1v) is 9.36. The van der Waals surface area contributed by atoms with Gasteiger partial charge in [-0.15, -0.1) is 0 Å². The van der Waals surface area contributed by atoms with Gasteiger partial charge in [0.15, 0.2) is 6.29 Å². The quantitative estimate of drug-likeness (QED) is 0.349. The summed E-state index contributed by atoms with van der Waals surface area (Å²) >= 11 is 0. The van der Waals surface area contributed by atoms with Gasteiger partial charge < -0.3 is 5.73 Å². The van der Waals surface area contributed by atoms with E-state index >= 15 is 0 Å². The number of allylic oxidation sites excluding steroid dienone is 3. The third kappa shape index (κ3) is 6.43. The molecule has 0 radical (unpaired) electrons. The van der Waals surface area contributed by atoms with Gasteiger partial charge in [-0.1, -0.05) is 58.2 Å². The van der Waals surface area contributed by atoms with Gasteiger partial charge in [-0.25, -0.2) is 0 Å². The largest absolute Gasteiger partial charge is 0.369 e. The van der Waals surface area contributed by atoms with Crippen molar-refractivity contribution in [3.05, 3.63) is 48.6 Å². The molecule has 0 saturated carbocycles. The topological polar surface area (TPSA) is 84.6 Å². The molecule has 0 aromatic rings. The molecule has 1 aliphatic carbocycles. The molecule has 0 spiro atoms. The van der Waals surface area contributed by atoms with Crippen LogP contribution in [0.25, 0.3) is 0 Å². The van der Waals surface area contributed by atoms with Crippen molar-refractivity contribution < 1.29 is 11.0 Å². The third-order valence-electron chi connectivity index (χ3n) is 4.73. The molecule has 4 atom stereocenters. The van der Waals surface area contributed by atoms with Crippen molar-refractivity contribution >= 4 is 17.9 Å². The zero-order valence-corrected chi connectivity index (χ0v) is 17.2. The first-order valence-electron chi connectivity index (χ1n) is 9.36. The van der Waals surface area contributed by atoms with Crippen molar-refractivity contribution in [3.8, 4) is 0 Å². The van der Waals surface area contributed by atoms with E-state index in [0.29, 0.717) is 23.5 Å². The lowest BCUT2D eigenvalue weighted by molar-refractivity contribution is -0.121. The molecule has 3 unspecified atom stereocenters. The summed E-state index contributed by atoms with van der Waals surface area (Å²) in [4.78, 5) is 27.6. The first kappa shape index (κ1) is 22.8. The average molecular weight is 374 g/mol. The van der Waals surface area contributed by atoms with Crippen molar-refractivity contribution in [1.29, 1.82) is 0 Å². The van der Waals surface area contributed by atoms with E-state index in [4.69, 9.17) is 5.73 Å². The minimum absolute atomic E-state index is 0. The fourth-order valence-corrected chi connectivity index (χ4v) is 3.52. The molecule has 0 bridgehead atoms. The van der Waals surface area contributed by atoms with Crippen LogP contribution in [-0.2, 0) is 9.59 Å². The number of carbonyl (C=O) groups is 2. The lowest BCUT2D eigenvalue weighted by Crippen LogP contribution is -2.48. The maximum atomic E-state index is 11.5. The van der Waals surface area contributed by atoms with Crippen LogP contribution in [0.2, 0.25) is 0 Å². The Bertz CT molecular complexity index is 694. The second kappa shape index (κ2) is 9.60. The Hall–Kier alpha value is -2.27. The number of nitrogens with one attached hydrogen (secondary N) is 1. The monoisotopic (exact) mass is 373 g/mol. The number of aliphatic imine (C=N–C) groups is 1. The van der Waals surface area contributed by atoms with Gasteiger partial charge in [0.25, 0.3) is 0 Å². The third-order valence-corrected chi connectivity index (χ3v) is 4.73. The molecule has 5 nitrogen and oxygen atoms in total. The second-order valence-electron chi connectivity index (χ2n) is 7.90. The summed E-state index contributed by atoms with van der Waals surface area (Å²) in [6, 6.07) is -0.0186. The van der Waals surface area contributed by atoms with Gasteiger partial charge in [-0.3, -0.25) is 19.9 Å². The highest BCUT2D eigenvalue weighted by Gasteiger charge is 2.30. The summed E-state index contributed by atoms with van der Waals surface area (Å²) in [5.41, 5.74) is 6.67. The van der Waals surface area contributed by atoms with Crippen LogP contribution in [0.4, 0.5) is 0 Å². The van der Waals surface area contributed by atoms with Crippen molar-refractivity contribution in [2.75, 3.05) is 0 Å². The number of primary amides is 1. The summed E-state index contributed by atoms with van der Waals surface area (Å²) in [5, 5.41) is 3.55. The zero-order chi connectivity index (χ0) is 20.8. The molecule has 1 amide bonds. The van der Waals surface area contributed by atoms with Crippen molar-refractivity contribution in [2.45, 2.75) is 52.7 Å². The molecule has 0 aliphatic heterocycles. The number of rotatable bonds is 10. The van der Waals surface area contributed by atoms with Crippen LogP contribution in [0.3, 0.4) is 0 Å². The molecule has 27 heavy (non-hydrogen) atoms. The summed E-state index contributed by atoms with van der Waals surface area (Å²) in [6.07, 6.45) is 8.86. The summed E-state index contributed by atoms with van der Waals surface area (Å²) in [6.45, 7) is 17.7. The van der Waals surface area contributed by atoms with Gasteiger partial charge in [0, 0.05) is 7.47 Å². The molecule has 0 aromatic carbocycles. The maximum Gasteiger partial charge on any atom is 0.224 e. The van der Waals surface area contributed by atoms with Gasteiger partial charge in [0.2, 0.25) is 5.91 Å². The maximum absolute atomic E-state index is 11.5. The number of nitrogens with two attached hydrogens (primary N) is 1. The minimum Gasteiger partial charge on any atom is -0.369 e. The Morgan fingerprint density at radius 1 is 1.48 bits per heavy atom. The fraction of sp³-hybridized carbons (Fsp3) is 0.500. The van der Waals surface area contributed by atoms with Crippen LogP contribution in [0.5, 0.6) is 0 Å². The highest BCUT2D eigenvalue weighted by atomic mass is 16.1. The molecule has 150 valence electrons. The molecular formula is C22H35N3O2. The highest BCUT2D eigenvalue weighted by Crippen LogP contribution is 2.27. The van der Waals surface area contributed by atoms with Gasteiger partial charge in [-0.05, 0) is 43.3 Å². The summed E-state index contributed by atoms with van der Waals surface area (Å²) in [7, 11) is 0. The molecule has 5 heteroatoms. The molecular weight excluding hydrogens is 338 g/mol. The van der Waals surface area contributed by atoms with Gasteiger partial charge >= 0.3 is 0 Å². The van der Waals surface area contributed by atoms with Crippen LogP contribution in [-0.4, -0.2) is 29.6 Å². The Kier molecular flexibility index (Phi) is 8.10. The molecule has 0 fully saturated rings. The Balaban J connectivity index is 0.00000729. The van der Waals surface area contributed by atoms with Gasteiger partial charge in [0.1, 0.15) is 11.4 Å². The number of hydrogen-bond donors (Lipinski definition) is 2. The second-order valence-corrected chi connectivity index (χ2v) is 7.90. The molecule has 3 N–H and O–H groups in total. The molecule has 1 rings (SSSR count). The molecule has 0 saturated heterocycles. The summed E-state index contributed by atoms with van der Waals surface area (Å²) in [5.74, 6) is -0.184. The predicted octanol–water partition coefficient (Wildman–Crippen LogP) is 3.59. The Morgan fingerprint density at radius 2 is 2.11 bits per heavy atom. The smallest absolute Gasteiger partial charge is 0.224 e. The Labute approximate surface area is 164 Å². The van der Waals surface area contributed by atoms with E-state index in [0.717, 1.165) is 12.0 Å².